The highest BCUT2D eigenvalue weighted by molar-refractivity contribution is 5.86. The van der Waals surface area contributed by atoms with E-state index in [0.29, 0.717) is 28.5 Å². The average Bonchev–Trinajstić information content (AvgIpc) is 3.14. The lowest BCUT2D eigenvalue weighted by molar-refractivity contribution is 0.415. The second-order valence-corrected chi connectivity index (χ2v) is 5.12. The lowest BCUT2D eigenvalue weighted by Crippen LogP contribution is -1.93. The Morgan fingerprint density at radius 2 is 2.08 bits per heavy atom. The van der Waals surface area contributed by atoms with Crippen molar-refractivity contribution in [1.82, 2.24) is 9.38 Å². The van der Waals surface area contributed by atoms with Crippen molar-refractivity contribution in [2.45, 2.75) is 0 Å². The minimum atomic E-state index is 0. The molecule has 3 heterocycles. The Morgan fingerprint density at radius 1 is 1.25 bits per heavy atom. The predicted molar refractivity (Wildman–Crippen MR) is 93.3 cm³/mol. The molecule has 0 radical (unpaired) electrons. The molecular weight excluding hydrogens is 328 g/mol. The van der Waals surface area contributed by atoms with Crippen LogP contribution in [0.1, 0.15) is 5.56 Å². The van der Waals surface area contributed by atoms with E-state index in [-0.39, 0.29) is 12.4 Å². The summed E-state index contributed by atoms with van der Waals surface area (Å²) in [7, 11) is 1.62. The maximum atomic E-state index is 8.99. The number of anilines is 1. The number of benzene rings is 1. The number of hydrogen-bond donors (Lipinski definition) is 1. The van der Waals surface area contributed by atoms with Crippen molar-refractivity contribution in [1.29, 1.82) is 5.26 Å². The molecule has 0 amide bonds. The van der Waals surface area contributed by atoms with Gasteiger partial charge in [-0.2, -0.15) is 5.26 Å². The van der Waals surface area contributed by atoms with Crippen molar-refractivity contribution in [3.63, 3.8) is 0 Å². The lowest BCUT2D eigenvalue weighted by Gasteiger charge is -1.96. The average molecular weight is 341 g/mol. The summed E-state index contributed by atoms with van der Waals surface area (Å²) in [5.74, 6) is 1.80. The van der Waals surface area contributed by atoms with Crippen LogP contribution in [0.5, 0.6) is 5.75 Å². The molecule has 0 bridgehead atoms. The maximum Gasteiger partial charge on any atom is 0.157 e. The summed E-state index contributed by atoms with van der Waals surface area (Å²) in [6, 6.07) is 12.9. The summed E-state index contributed by atoms with van der Waals surface area (Å²) in [5, 5.41) is 9.90. The van der Waals surface area contributed by atoms with Crippen molar-refractivity contribution in [2.24, 2.45) is 0 Å². The minimum absolute atomic E-state index is 0. The number of pyridine rings is 1. The molecular formula is C17H13ClN4O2. The van der Waals surface area contributed by atoms with Gasteiger partial charge >= 0.3 is 0 Å². The molecule has 0 saturated carbocycles. The van der Waals surface area contributed by atoms with E-state index in [4.69, 9.17) is 20.1 Å². The molecule has 0 aliphatic carbocycles. The first-order valence-corrected chi connectivity index (χ1v) is 6.95. The Hall–Kier alpha value is -3.17. The molecule has 1 aromatic carbocycles. The van der Waals surface area contributed by atoms with Gasteiger partial charge in [-0.3, -0.25) is 4.40 Å². The number of furan rings is 1. The van der Waals surface area contributed by atoms with E-state index in [1.165, 1.54) is 0 Å². The summed E-state index contributed by atoms with van der Waals surface area (Å²) >= 11 is 0. The molecule has 0 fully saturated rings. The van der Waals surface area contributed by atoms with E-state index >= 15 is 0 Å². The van der Waals surface area contributed by atoms with Crippen LogP contribution in [0.25, 0.3) is 28.1 Å². The molecule has 24 heavy (non-hydrogen) atoms. The fraction of sp³-hybridized carbons (Fsp3) is 0.0588. The second kappa shape index (κ2) is 5.80. The molecule has 0 atom stereocenters. The smallest absolute Gasteiger partial charge is 0.157 e. The van der Waals surface area contributed by atoms with Crippen molar-refractivity contribution in [3.8, 4) is 23.3 Å². The number of ether oxygens (including phenoxy) is 1. The Bertz CT molecular complexity index is 1090. The van der Waals surface area contributed by atoms with Crippen molar-refractivity contribution in [3.05, 3.63) is 48.2 Å². The van der Waals surface area contributed by atoms with Crippen LogP contribution in [0.3, 0.4) is 0 Å². The highest BCUT2D eigenvalue weighted by Crippen LogP contribution is 2.33. The molecule has 0 spiro atoms. The standard InChI is InChI=1S/C17H12N4O2.ClH/c1-22-12-2-3-13-11(7-12)8-14(23-13)16-17(19)21-5-4-10(9-18)6-15(21)20-16;/h2-8H,19H2,1H3;1H. The zero-order valence-electron chi connectivity index (χ0n) is 12.7. The summed E-state index contributed by atoms with van der Waals surface area (Å²) in [4.78, 5) is 4.49. The molecule has 120 valence electrons. The number of aromatic nitrogens is 2. The third-order valence-corrected chi connectivity index (χ3v) is 3.75. The maximum absolute atomic E-state index is 8.99. The van der Waals surface area contributed by atoms with Gasteiger partial charge in [0.1, 0.15) is 28.5 Å². The SMILES string of the molecule is COc1ccc2oc(-c3nc4cc(C#N)ccn4c3N)cc2c1.Cl. The van der Waals surface area contributed by atoms with Gasteiger partial charge in [-0.05, 0) is 36.4 Å². The molecule has 0 aliphatic rings. The topological polar surface area (TPSA) is 89.5 Å². The van der Waals surface area contributed by atoms with Crippen LogP contribution in [0.15, 0.2) is 47.0 Å². The van der Waals surface area contributed by atoms with E-state index in [0.717, 1.165) is 16.7 Å². The second-order valence-electron chi connectivity index (χ2n) is 5.12. The summed E-state index contributed by atoms with van der Waals surface area (Å²) in [6.07, 6.45) is 1.73. The third kappa shape index (κ3) is 2.32. The number of nitrogens with two attached hydrogens (primary N) is 1. The summed E-state index contributed by atoms with van der Waals surface area (Å²) in [5.41, 5.74) is 8.59. The number of fused-ring (bicyclic) bond motifs is 2. The number of halogens is 1. The van der Waals surface area contributed by atoms with E-state index in [2.05, 4.69) is 11.1 Å². The summed E-state index contributed by atoms with van der Waals surface area (Å²) in [6.45, 7) is 0. The lowest BCUT2D eigenvalue weighted by atomic mass is 10.2. The molecule has 4 rings (SSSR count). The number of nitriles is 1. The number of nitrogen functional groups attached to an aromatic ring is 1. The first-order chi connectivity index (χ1) is 11.2. The fourth-order valence-corrected chi connectivity index (χ4v) is 2.58. The third-order valence-electron chi connectivity index (χ3n) is 3.75. The van der Waals surface area contributed by atoms with E-state index < -0.39 is 0 Å². The van der Waals surface area contributed by atoms with Crippen molar-refractivity contribution < 1.29 is 9.15 Å². The molecule has 4 aromatic rings. The largest absolute Gasteiger partial charge is 0.497 e. The van der Waals surface area contributed by atoms with Crippen LogP contribution < -0.4 is 10.5 Å². The van der Waals surface area contributed by atoms with Crippen LogP contribution >= 0.6 is 12.4 Å². The Morgan fingerprint density at radius 3 is 2.83 bits per heavy atom. The number of nitrogens with zero attached hydrogens (tertiary/aromatic N) is 3. The van der Waals surface area contributed by atoms with Gasteiger partial charge in [-0.15, -0.1) is 12.4 Å². The first kappa shape index (κ1) is 15.7. The van der Waals surface area contributed by atoms with E-state index in [9.17, 15) is 0 Å². The van der Waals surface area contributed by atoms with E-state index in [1.54, 1.807) is 29.8 Å². The van der Waals surface area contributed by atoms with Gasteiger partial charge in [0.15, 0.2) is 5.76 Å². The molecule has 0 aliphatic heterocycles. The summed E-state index contributed by atoms with van der Waals surface area (Å²) < 4.78 is 12.8. The van der Waals surface area contributed by atoms with Crippen LogP contribution in [0.4, 0.5) is 5.82 Å². The quantitative estimate of drug-likeness (QED) is 0.601. The van der Waals surface area contributed by atoms with Crippen LogP contribution in [-0.4, -0.2) is 16.5 Å². The van der Waals surface area contributed by atoms with Gasteiger partial charge < -0.3 is 14.9 Å². The molecule has 3 aromatic heterocycles. The fourth-order valence-electron chi connectivity index (χ4n) is 2.58. The number of hydrogen-bond acceptors (Lipinski definition) is 5. The van der Waals surface area contributed by atoms with Gasteiger partial charge in [-0.25, -0.2) is 4.98 Å². The van der Waals surface area contributed by atoms with Crippen LogP contribution in [0, 0.1) is 11.3 Å². The highest BCUT2D eigenvalue weighted by Gasteiger charge is 2.16. The van der Waals surface area contributed by atoms with Gasteiger partial charge in [0, 0.05) is 11.6 Å². The minimum Gasteiger partial charge on any atom is -0.497 e. The zero-order chi connectivity index (χ0) is 16.0. The van der Waals surface area contributed by atoms with Crippen LogP contribution in [-0.2, 0) is 0 Å². The predicted octanol–water partition coefficient (Wildman–Crippen LogP) is 3.63. The number of rotatable bonds is 2. The van der Waals surface area contributed by atoms with Gasteiger partial charge in [0.2, 0.25) is 0 Å². The molecule has 6 nitrogen and oxygen atoms in total. The number of methoxy groups -OCH3 is 1. The monoisotopic (exact) mass is 340 g/mol. The Kier molecular flexibility index (Phi) is 3.80. The van der Waals surface area contributed by atoms with Gasteiger partial charge in [0.25, 0.3) is 0 Å². The Balaban J connectivity index is 0.00000169. The van der Waals surface area contributed by atoms with Gasteiger partial charge in [-0.1, -0.05) is 0 Å². The van der Waals surface area contributed by atoms with Crippen molar-refractivity contribution in [2.75, 3.05) is 12.8 Å². The first-order valence-electron chi connectivity index (χ1n) is 6.95. The zero-order valence-corrected chi connectivity index (χ0v) is 13.5. The van der Waals surface area contributed by atoms with Crippen LogP contribution in [0.2, 0.25) is 0 Å². The molecule has 0 unspecified atom stereocenters. The van der Waals surface area contributed by atoms with E-state index in [1.807, 2.05) is 24.3 Å². The molecule has 7 heteroatoms. The Labute approximate surface area is 143 Å². The number of imidazole rings is 1. The molecule has 2 N–H and O–H groups in total. The van der Waals surface area contributed by atoms with Gasteiger partial charge in [0.05, 0.1) is 18.7 Å². The normalized spacial score (nSPS) is 10.5. The highest BCUT2D eigenvalue weighted by atomic mass is 35.5. The van der Waals surface area contributed by atoms with Crippen molar-refractivity contribution >= 4 is 34.8 Å². The molecule has 0 saturated heterocycles.